The van der Waals surface area contributed by atoms with Crippen LogP contribution in [-0.4, -0.2) is 59.8 Å². The molecule has 2 heterocycles. The number of carbonyl (C=O) groups excluding carboxylic acids is 1. The number of hydrogen-bond acceptors (Lipinski definition) is 5. The third-order valence-electron chi connectivity index (χ3n) is 6.01. The van der Waals surface area contributed by atoms with Gasteiger partial charge in [-0.2, -0.15) is 0 Å². The molecule has 148 valence electrons. The van der Waals surface area contributed by atoms with Gasteiger partial charge in [-0.05, 0) is 70.7 Å². The van der Waals surface area contributed by atoms with Crippen molar-refractivity contribution in [1.29, 1.82) is 0 Å². The van der Waals surface area contributed by atoms with Crippen molar-refractivity contribution in [2.24, 2.45) is 5.92 Å². The van der Waals surface area contributed by atoms with Gasteiger partial charge >= 0.3 is 0 Å². The average molecular weight is 373 g/mol. The van der Waals surface area contributed by atoms with E-state index in [-0.39, 0.29) is 11.5 Å². The van der Waals surface area contributed by atoms with Crippen LogP contribution in [0.5, 0.6) is 0 Å². The summed E-state index contributed by atoms with van der Waals surface area (Å²) in [6, 6.07) is 6.06. The minimum Gasteiger partial charge on any atom is -0.303 e. The normalized spacial score (nSPS) is 20.3. The standard InChI is InChI=1S/C21H31N3O3/c25-21(19-6-5-7-20(16-19)24(26)27)17-23-14-9-18(10-15-23)8-13-22-11-3-1-2-4-12-22/h5-7,16,18H,1-4,8-15,17H2. The van der Waals surface area contributed by atoms with E-state index in [4.69, 9.17) is 0 Å². The maximum Gasteiger partial charge on any atom is 0.270 e. The van der Waals surface area contributed by atoms with Crippen LogP contribution in [0.3, 0.4) is 0 Å². The quantitative estimate of drug-likeness (QED) is 0.414. The summed E-state index contributed by atoms with van der Waals surface area (Å²) < 4.78 is 0. The van der Waals surface area contributed by atoms with Crippen molar-refractivity contribution >= 4 is 11.5 Å². The molecule has 0 aliphatic carbocycles. The highest BCUT2D eigenvalue weighted by Gasteiger charge is 2.22. The van der Waals surface area contributed by atoms with E-state index in [1.807, 2.05) is 0 Å². The third kappa shape index (κ3) is 6.11. The molecule has 0 amide bonds. The zero-order valence-corrected chi connectivity index (χ0v) is 16.1. The summed E-state index contributed by atoms with van der Waals surface area (Å²) in [4.78, 5) is 27.7. The lowest BCUT2D eigenvalue weighted by molar-refractivity contribution is -0.384. The molecule has 1 aromatic rings. The Labute approximate surface area is 161 Å². The van der Waals surface area contributed by atoms with Gasteiger partial charge in [0.25, 0.3) is 5.69 Å². The summed E-state index contributed by atoms with van der Waals surface area (Å²) in [5.74, 6) is 0.735. The Kier molecular flexibility index (Phi) is 7.35. The molecular weight excluding hydrogens is 342 g/mol. The van der Waals surface area contributed by atoms with Gasteiger partial charge in [-0.25, -0.2) is 0 Å². The van der Waals surface area contributed by atoms with Crippen molar-refractivity contribution in [3.8, 4) is 0 Å². The number of carbonyl (C=O) groups is 1. The van der Waals surface area contributed by atoms with Gasteiger partial charge in [0, 0.05) is 17.7 Å². The summed E-state index contributed by atoms with van der Waals surface area (Å²) in [6.45, 7) is 6.00. The van der Waals surface area contributed by atoms with Crippen LogP contribution in [0.25, 0.3) is 0 Å². The van der Waals surface area contributed by atoms with Crippen molar-refractivity contribution in [2.75, 3.05) is 39.3 Å². The molecule has 0 aromatic heterocycles. The van der Waals surface area contributed by atoms with Crippen LogP contribution in [0.4, 0.5) is 5.69 Å². The molecule has 6 heteroatoms. The van der Waals surface area contributed by atoms with Gasteiger partial charge in [0.05, 0.1) is 11.5 Å². The maximum absolute atomic E-state index is 12.5. The van der Waals surface area contributed by atoms with E-state index in [1.165, 1.54) is 63.9 Å². The Balaban J connectivity index is 1.40. The molecule has 6 nitrogen and oxygen atoms in total. The smallest absolute Gasteiger partial charge is 0.270 e. The van der Waals surface area contributed by atoms with E-state index >= 15 is 0 Å². The lowest BCUT2D eigenvalue weighted by atomic mass is 9.93. The van der Waals surface area contributed by atoms with Crippen LogP contribution >= 0.6 is 0 Å². The highest BCUT2D eigenvalue weighted by molar-refractivity contribution is 5.98. The molecule has 0 spiro atoms. The molecule has 27 heavy (non-hydrogen) atoms. The lowest BCUT2D eigenvalue weighted by Crippen LogP contribution is -2.38. The van der Waals surface area contributed by atoms with Gasteiger partial charge in [0.15, 0.2) is 5.78 Å². The van der Waals surface area contributed by atoms with Gasteiger partial charge in [0.1, 0.15) is 0 Å². The average Bonchev–Trinajstić information content (AvgIpc) is 2.96. The van der Waals surface area contributed by atoms with Crippen molar-refractivity contribution in [3.63, 3.8) is 0 Å². The van der Waals surface area contributed by atoms with Crippen molar-refractivity contribution in [1.82, 2.24) is 9.80 Å². The van der Waals surface area contributed by atoms with E-state index < -0.39 is 4.92 Å². The molecule has 2 aliphatic heterocycles. The van der Waals surface area contributed by atoms with E-state index in [2.05, 4.69) is 9.80 Å². The monoisotopic (exact) mass is 373 g/mol. The van der Waals surface area contributed by atoms with Crippen molar-refractivity contribution in [2.45, 2.75) is 44.9 Å². The van der Waals surface area contributed by atoms with Gasteiger partial charge in [-0.15, -0.1) is 0 Å². The molecule has 2 aliphatic rings. The largest absolute Gasteiger partial charge is 0.303 e. The predicted molar refractivity (Wildman–Crippen MR) is 106 cm³/mol. The predicted octanol–water partition coefficient (Wildman–Crippen LogP) is 3.76. The van der Waals surface area contributed by atoms with Crippen molar-refractivity contribution in [3.05, 3.63) is 39.9 Å². The SMILES string of the molecule is O=C(CN1CCC(CCN2CCCCCC2)CC1)c1cccc([N+](=O)[O-])c1. The Morgan fingerprint density at radius 2 is 1.74 bits per heavy atom. The van der Waals surface area contributed by atoms with Crippen LogP contribution in [0, 0.1) is 16.0 Å². The number of Topliss-reactive ketones (excluding diaryl/α,β-unsaturated/α-hetero) is 1. The number of nitro groups is 1. The molecule has 0 bridgehead atoms. The topological polar surface area (TPSA) is 66.7 Å². The second-order valence-corrected chi connectivity index (χ2v) is 7.99. The maximum atomic E-state index is 12.5. The van der Waals surface area contributed by atoms with Gasteiger partial charge in [-0.1, -0.05) is 25.0 Å². The summed E-state index contributed by atoms with van der Waals surface area (Å²) >= 11 is 0. The van der Waals surface area contributed by atoms with Crippen LogP contribution in [0.2, 0.25) is 0 Å². The Bertz CT molecular complexity index is 633. The summed E-state index contributed by atoms with van der Waals surface area (Å²) in [6.07, 6.45) is 9.02. The number of nitrogens with zero attached hydrogens (tertiary/aromatic N) is 3. The van der Waals surface area contributed by atoms with E-state index in [1.54, 1.807) is 12.1 Å². The minimum atomic E-state index is -0.452. The highest BCUT2D eigenvalue weighted by atomic mass is 16.6. The van der Waals surface area contributed by atoms with Crippen molar-refractivity contribution < 1.29 is 9.72 Å². The minimum absolute atomic E-state index is 0.0203. The number of non-ortho nitro benzene ring substituents is 1. The molecule has 1 aromatic carbocycles. The number of nitro benzene ring substituents is 1. The molecule has 0 atom stereocenters. The first kappa shape index (κ1) is 20.0. The second-order valence-electron chi connectivity index (χ2n) is 7.99. The fourth-order valence-electron chi connectivity index (χ4n) is 4.25. The number of hydrogen-bond donors (Lipinski definition) is 0. The van der Waals surface area contributed by atoms with Gasteiger partial charge in [-0.3, -0.25) is 19.8 Å². The lowest BCUT2D eigenvalue weighted by Gasteiger charge is -2.32. The first-order valence-electron chi connectivity index (χ1n) is 10.3. The van der Waals surface area contributed by atoms with E-state index in [9.17, 15) is 14.9 Å². The number of rotatable bonds is 7. The molecule has 0 N–H and O–H groups in total. The number of likely N-dealkylation sites (tertiary alicyclic amines) is 2. The third-order valence-corrected chi connectivity index (χ3v) is 6.01. The fourth-order valence-corrected chi connectivity index (χ4v) is 4.25. The fraction of sp³-hybridized carbons (Fsp3) is 0.667. The molecule has 0 radical (unpaired) electrons. The molecular formula is C21H31N3O3. The molecule has 0 unspecified atom stereocenters. The number of benzene rings is 1. The van der Waals surface area contributed by atoms with Crippen LogP contribution < -0.4 is 0 Å². The Morgan fingerprint density at radius 3 is 2.41 bits per heavy atom. The first-order chi connectivity index (χ1) is 13.1. The molecule has 3 rings (SSSR count). The Hall–Kier alpha value is -1.79. The zero-order valence-electron chi connectivity index (χ0n) is 16.1. The van der Waals surface area contributed by atoms with E-state index in [0.29, 0.717) is 12.1 Å². The molecule has 2 fully saturated rings. The van der Waals surface area contributed by atoms with Gasteiger partial charge < -0.3 is 4.90 Å². The molecule has 0 saturated carbocycles. The zero-order chi connectivity index (χ0) is 19.1. The summed E-state index contributed by atoms with van der Waals surface area (Å²) in [7, 11) is 0. The summed E-state index contributed by atoms with van der Waals surface area (Å²) in [5.41, 5.74) is 0.417. The van der Waals surface area contributed by atoms with Crippen LogP contribution in [-0.2, 0) is 0 Å². The molecule has 2 saturated heterocycles. The first-order valence-corrected chi connectivity index (χ1v) is 10.3. The Morgan fingerprint density at radius 1 is 1.04 bits per heavy atom. The number of piperidine rings is 1. The van der Waals surface area contributed by atoms with Crippen LogP contribution in [0.15, 0.2) is 24.3 Å². The number of ketones is 1. The van der Waals surface area contributed by atoms with Gasteiger partial charge in [0.2, 0.25) is 0 Å². The summed E-state index contributed by atoms with van der Waals surface area (Å²) in [5, 5.41) is 10.9. The van der Waals surface area contributed by atoms with Crippen LogP contribution in [0.1, 0.15) is 55.3 Å². The van der Waals surface area contributed by atoms with E-state index in [0.717, 1.165) is 31.8 Å². The second kappa shape index (κ2) is 9.95. The highest BCUT2D eigenvalue weighted by Crippen LogP contribution is 2.22.